The van der Waals surface area contributed by atoms with Crippen LogP contribution in [0.3, 0.4) is 0 Å². The van der Waals surface area contributed by atoms with Gasteiger partial charge in [-0.05, 0) is 33.1 Å². The highest BCUT2D eigenvalue weighted by Crippen LogP contribution is 2.28. The van der Waals surface area contributed by atoms with Gasteiger partial charge in [-0.2, -0.15) is 0 Å². The van der Waals surface area contributed by atoms with Crippen molar-refractivity contribution in [1.82, 2.24) is 4.90 Å². The molecule has 1 saturated heterocycles. The second-order valence-electron chi connectivity index (χ2n) is 4.86. The largest absolute Gasteiger partial charge is 0.480 e. The topological polar surface area (TPSA) is 87.1 Å². The second-order valence-corrected chi connectivity index (χ2v) is 4.86. The summed E-state index contributed by atoms with van der Waals surface area (Å²) >= 11 is 0. The molecule has 0 saturated carbocycles. The van der Waals surface area contributed by atoms with Crippen LogP contribution < -0.4 is 0 Å². The number of hydrogen-bond acceptors (Lipinski definition) is 4. The van der Waals surface area contributed by atoms with E-state index in [-0.39, 0.29) is 18.7 Å². The van der Waals surface area contributed by atoms with E-state index >= 15 is 0 Å². The number of nitrogens with zero attached hydrogens (tertiary/aromatic N) is 1. The molecule has 6 nitrogen and oxygen atoms in total. The van der Waals surface area contributed by atoms with Gasteiger partial charge in [0.1, 0.15) is 12.6 Å². The lowest BCUT2D eigenvalue weighted by atomic mass is 10.1. The first-order valence-electron chi connectivity index (χ1n) is 6.23. The van der Waals surface area contributed by atoms with Crippen LogP contribution in [0, 0.1) is 0 Å². The summed E-state index contributed by atoms with van der Waals surface area (Å²) < 4.78 is 5.01. The van der Waals surface area contributed by atoms with Gasteiger partial charge < -0.3 is 14.9 Å². The minimum Gasteiger partial charge on any atom is -0.480 e. The lowest BCUT2D eigenvalue weighted by Crippen LogP contribution is -2.45. The summed E-state index contributed by atoms with van der Waals surface area (Å²) in [6.07, 6.45) is 2.15. The minimum absolute atomic E-state index is 0.165. The molecule has 0 radical (unpaired) electrons. The molecular weight excluding hydrogens is 238 g/mol. The Balaban J connectivity index is 2.45. The zero-order valence-corrected chi connectivity index (χ0v) is 10.8. The Morgan fingerprint density at radius 2 is 2.00 bits per heavy atom. The summed E-state index contributed by atoms with van der Waals surface area (Å²) in [7, 11) is 0. The number of hydrogen-bond donors (Lipinski definition) is 2. The molecular formula is C12H21NO5. The molecule has 0 unspecified atom stereocenters. The van der Waals surface area contributed by atoms with Crippen LogP contribution in [0.4, 0.5) is 0 Å². The summed E-state index contributed by atoms with van der Waals surface area (Å²) in [5.74, 6) is -1.76. The molecule has 2 atom stereocenters. The highest BCUT2D eigenvalue weighted by molar-refractivity contribution is 5.74. The fourth-order valence-corrected chi connectivity index (χ4v) is 2.61. The Bertz CT molecular complexity index is 305. The van der Waals surface area contributed by atoms with Crippen molar-refractivity contribution >= 4 is 11.9 Å². The normalized spacial score (nSPS) is 24.6. The quantitative estimate of drug-likeness (QED) is 0.658. The molecule has 1 aliphatic heterocycles. The molecule has 0 spiro atoms. The zero-order valence-electron chi connectivity index (χ0n) is 10.8. The van der Waals surface area contributed by atoms with E-state index in [1.165, 1.54) is 0 Å². The van der Waals surface area contributed by atoms with Gasteiger partial charge in [0.15, 0.2) is 0 Å². The van der Waals surface area contributed by atoms with Crippen LogP contribution in [0.1, 0.15) is 33.1 Å². The van der Waals surface area contributed by atoms with Crippen molar-refractivity contribution in [2.45, 2.75) is 51.2 Å². The summed E-state index contributed by atoms with van der Waals surface area (Å²) in [6.45, 7) is 4.02. The molecule has 0 aliphatic carbocycles. The fraction of sp³-hybridized carbons (Fsp3) is 0.833. The average Bonchev–Trinajstić information content (AvgIpc) is 2.67. The number of ether oxygens (including phenoxy) is 1. The highest BCUT2D eigenvalue weighted by atomic mass is 16.5. The molecule has 18 heavy (non-hydrogen) atoms. The number of carbonyl (C=O) groups is 2. The third-order valence-electron chi connectivity index (χ3n) is 3.26. The van der Waals surface area contributed by atoms with Crippen LogP contribution in [0.25, 0.3) is 0 Å². The van der Waals surface area contributed by atoms with Gasteiger partial charge in [-0.3, -0.25) is 9.69 Å². The number of carboxylic acid groups (broad SMARTS) is 2. The highest BCUT2D eigenvalue weighted by Gasteiger charge is 2.38. The molecule has 104 valence electrons. The second kappa shape index (κ2) is 6.70. The van der Waals surface area contributed by atoms with Crippen molar-refractivity contribution in [3.05, 3.63) is 0 Å². The Kier molecular flexibility index (Phi) is 5.55. The molecule has 1 heterocycles. The molecule has 1 rings (SSSR count). The van der Waals surface area contributed by atoms with E-state index in [1.807, 2.05) is 18.7 Å². The first-order chi connectivity index (χ1) is 8.43. The molecule has 0 aromatic heterocycles. The number of carboxylic acids is 2. The molecule has 1 aliphatic rings. The van der Waals surface area contributed by atoms with Crippen molar-refractivity contribution in [2.24, 2.45) is 0 Å². The van der Waals surface area contributed by atoms with Gasteiger partial charge in [-0.15, -0.1) is 0 Å². The Morgan fingerprint density at radius 3 is 2.50 bits per heavy atom. The van der Waals surface area contributed by atoms with Crippen molar-refractivity contribution in [3.8, 4) is 0 Å². The van der Waals surface area contributed by atoms with Crippen LogP contribution in [-0.4, -0.2) is 58.4 Å². The van der Waals surface area contributed by atoms with Crippen LogP contribution in [0.5, 0.6) is 0 Å². The van der Waals surface area contributed by atoms with Gasteiger partial charge >= 0.3 is 11.9 Å². The molecule has 0 aromatic carbocycles. The molecule has 0 bridgehead atoms. The molecule has 1 fully saturated rings. The monoisotopic (exact) mass is 259 g/mol. The van der Waals surface area contributed by atoms with Crippen LogP contribution in [0.2, 0.25) is 0 Å². The maximum Gasteiger partial charge on any atom is 0.329 e. The van der Waals surface area contributed by atoms with Crippen molar-refractivity contribution in [1.29, 1.82) is 0 Å². The van der Waals surface area contributed by atoms with E-state index in [9.17, 15) is 9.59 Å². The number of likely N-dealkylation sites (tertiary alicyclic amines) is 1. The molecule has 0 amide bonds. The number of rotatable bonds is 7. The van der Waals surface area contributed by atoms with Crippen LogP contribution >= 0.6 is 0 Å². The minimum atomic E-state index is -0.981. The maximum atomic E-state index is 11.1. The summed E-state index contributed by atoms with van der Waals surface area (Å²) in [4.78, 5) is 23.4. The fourth-order valence-electron chi connectivity index (χ4n) is 2.61. The third-order valence-corrected chi connectivity index (χ3v) is 3.26. The predicted octanol–water partition coefficient (Wildman–Crippen LogP) is 0.804. The standard InChI is InChI=1S/C12H21NO5/c1-8(2)13-9(3-4-10(13)12(16)17)5-6-18-7-11(14)15/h8-10H,3-7H2,1-2H3,(H,14,15)(H,16,17)/t9-,10-/m0/s1. The van der Waals surface area contributed by atoms with Gasteiger partial charge in [0.05, 0.1) is 0 Å². The van der Waals surface area contributed by atoms with Crippen molar-refractivity contribution in [2.75, 3.05) is 13.2 Å². The smallest absolute Gasteiger partial charge is 0.329 e. The lowest BCUT2D eigenvalue weighted by molar-refractivity contribution is -0.143. The summed E-state index contributed by atoms with van der Waals surface area (Å²) in [5, 5.41) is 17.6. The van der Waals surface area contributed by atoms with Crippen molar-refractivity contribution < 1.29 is 24.5 Å². The number of aliphatic carboxylic acids is 2. The van der Waals surface area contributed by atoms with E-state index in [2.05, 4.69) is 0 Å². The van der Waals surface area contributed by atoms with E-state index in [0.717, 1.165) is 6.42 Å². The maximum absolute atomic E-state index is 11.1. The van der Waals surface area contributed by atoms with Crippen LogP contribution in [0.15, 0.2) is 0 Å². The van der Waals surface area contributed by atoms with E-state index in [1.54, 1.807) is 0 Å². The third kappa shape index (κ3) is 3.96. The first kappa shape index (κ1) is 14.9. The van der Waals surface area contributed by atoms with E-state index in [0.29, 0.717) is 19.4 Å². The predicted molar refractivity (Wildman–Crippen MR) is 64.5 cm³/mol. The van der Waals surface area contributed by atoms with E-state index < -0.39 is 18.0 Å². The summed E-state index contributed by atoms with van der Waals surface area (Å²) in [6, 6.07) is -0.0903. The van der Waals surface area contributed by atoms with Gasteiger partial charge in [-0.25, -0.2) is 4.79 Å². The van der Waals surface area contributed by atoms with Gasteiger partial charge in [0.25, 0.3) is 0 Å². The van der Waals surface area contributed by atoms with Gasteiger partial charge in [-0.1, -0.05) is 0 Å². The SMILES string of the molecule is CC(C)N1[C@H](CCOCC(=O)O)CC[C@H]1C(=O)O. The van der Waals surface area contributed by atoms with Crippen molar-refractivity contribution in [3.63, 3.8) is 0 Å². The molecule has 0 aromatic rings. The molecule has 6 heteroatoms. The van der Waals surface area contributed by atoms with E-state index in [4.69, 9.17) is 14.9 Å². The first-order valence-corrected chi connectivity index (χ1v) is 6.23. The Morgan fingerprint density at radius 1 is 1.33 bits per heavy atom. The van der Waals surface area contributed by atoms with Gasteiger partial charge in [0, 0.05) is 18.7 Å². The Labute approximate surface area is 107 Å². The Hall–Kier alpha value is -1.14. The van der Waals surface area contributed by atoms with Gasteiger partial charge in [0.2, 0.25) is 0 Å². The lowest BCUT2D eigenvalue weighted by Gasteiger charge is -2.31. The summed E-state index contributed by atoms with van der Waals surface area (Å²) in [5.41, 5.74) is 0. The van der Waals surface area contributed by atoms with Crippen LogP contribution in [-0.2, 0) is 14.3 Å². The molecule has 2 N–H and O–H groups in total. The average molecular weight is 259 g/mol. The zero-order chi connectivity index (χ0) is 13.7.